The number of nitrogens with zero attached hydrogens (tertiary/aromatic N) is 1. The van der Waals surface area contributed by atoms with Crippen LogP contribution in [0.15, 0.2) is 22.7 Å². The molecule has 1 N–H and O–H groups in total. The summed E-state index contributed by atoms with van der Waals surface area (Å²) in [6.07, 6.45) is 0. The highest BCUT2D eigenvalue weighted by atomic mass is 79.9. The maximum absolute atomic E-state index is 10.8. The molecule has 0 aliphatic carbocycles. The molecule has 0 bridgehead atoms. The Morgan fingerprint density at radius 3 is 2.81 bits per heavy atom. The lowest BCUT2D eigenvalue weighted by atomic mass is 10.2. The molecule has 0 saturated carbocycles. The number of carbonyl (C=O) groups is 1. The largest absolute Gasteiger partial charge is 0.480 e. The Morgan fingerprint density at radius 2 is 2.25 bits per heavy atom. The molecule has 1 aromatic carbocycles. The molecular weight excluding hydrogens is 293 g/mol. The van der Waals surface area contributed by atoms with Gasteiger partial charge in [-0.25, -0.2) is 0 Å². The van der Waals surface area contributed by atoms with Crippen LogP contribution in [0.5, 0.6) is 0 Å². The number of likely N-dealkylation sites (N-methyl/N-ethyl adjacent to an activating group) is 1. The molecule has 5 heteroatoms. The predicted molar refractivity (Wildman–Crippen MR) is 67.7 cm³/mol. The number of hydrogen-bond donors (Lipinski definition) is 1. The van der Waals surface area contributed by atoms with Crippen molar-refractivity contribution in [1.82, 2.24) is 4.90 Å². The van der Waals surface area contributed by atoms with Crippen molar-refractivity contribution in [2.24, 2.45) is 0 Å². The van der Waals surface area contributed by atoms with Gasteiger partial charge in [-0.1, -0.05) is 27.5 Å². The molecule has 0 spiro atoms. The van der Waals surface area contributed by atoms with Gasteiger partial charge < -0.3 is 5.11 Å². The van der Waals surface area contributed by atoms with Gasteiger partial charge in [0.05, 0.1) is 0 Å². The standard InChI is InChI=1S/C11H13BrClNO2/c1-7(11(15)16)14(2)6-8-5-9(13)3-4-10(8)12/h3-5,7H,6H2,1-2H3,(H,15,16). The van der Waals surface area contributed by atoms with E-state index in [0.717, 1.165) is 10.0 Å². The van der Waals surface area contributed by atoms with Crippen LogP contribution in [0.4, 0.5) is 0 Å². The first-order valence-electron chi connectivity index (χ1n) is 4.78. The first-order chi connectivity index (χ1) is 7.41. The first-order valence-corrected chi connectivity index (χ1v) is 5.96. The fourth-order valence-corrected chi connectivity index (χ4v) is 1.83. The summed E-state index contributed by atoms with van der Waals surface area (Å²) in [6, 6.07) is 4.95. The van der Waals surface area contributed by atoms with E-state index >= 15 is 0 Å². The lowest BCUT2D eigenvalue weighted by molar-refractivity contribution is -0.142. The number of rotatable bonds is 4. The number of benzene rings is 1. The Morgan fingerprint density at radius 1 is 1.62 bits per heavy atom. The average molecular weight is 307 g/mol. The molecule has 16 heavy (non-hydrogen) atoms. The molecule has 0 fully saturated rings. The highest BCUT2D eigenvalue weighted by Crippen LogP contribution is 2.22. The molecule has 3 nitrogen and oxygen atoms in total. The molecule has 1 rings (SSSR count). The van der Waals surface area contributed by atoms with E-state index < -0.39 is 12.0 Å². The molecule has 0 heterocycles. The van der Waals surface area contributed by atoms with Crippen LogP contribution < -0.4 is 0 Å². The van der Waals surface area contributed by atoms with E-state index in [-0.39, 0.29) is 0 Å². The third kappa shape index (κ3) is 3.47. The lowest BCUT2D eigenvalue weighted by Gasteiger charge is -2.21. The second-order valence-electron chi connectivity index (χ2n) is 3.67. The highest BCUT2D eigenvalue weighted by molar-refractivity contribution is 9.10. The summed E-state index contributed by atoms with van der Waals surface area (Å²) in [7, 11) is 1.77. The molecule has 0 amide bonds. The number of aliphatic carboxylic acids is 1. The van der Waals surface area contributed by atoms with Gasteiger partial charge in [0.15, 0.2) is 0 Å². The Balaban J connectivity index is 2.80. The Kier molecular flexibility index (Phi) is 4.77. The van der Waals surface area contributed by atoms with Crippen molar-refractivity contribution in [2.45, 2.75) is 19.5 Å². The maximum atomic E-state index is 10.8. The van der Waals surface area contributed by atoms with Gasteiger partial charge in [0, 0.05) is 16.0 Å². The monoisotopic (exact) mass is 305 g/mol. The first kappa shape index (κ1) is 13.5. The van der Waals surface area contributed by atoms with E-state index in [1.165, 1.54) is 0 Å². The van der Waals surface area contributed by atoms with Gasteiger partial charge in [0.25, 0.3) is 0 Å². The van der Waals surface area contributed by atoms with Gasteiger partial charge in [0.2, 0.25) is 0 Å². The van der Waals surface area contributed by atoms with Crippen molar-refractivity contribution in [3.63, 3.8) is 0 Å². The number of carboxylic acids is 1. The van der Waals surface area contributed by atoms with Crippen molar-refractivity contribution in [3.05, 3.63) is 33.3 Å². The zero-order valence-electron chi connectivity index (χ0n) is 9.08. The lowest BCUT2D eigenvalue weighted by Crippen LogP contribution is -2.35. The van der Waals surface area contributed by atoms with Crippen LogP contribution in [0.2, 0.25) is 5.02 Å². The second-order valence-corrected chi connectivity index (χ2v) is 4.96. The van der Waals surface area contributed by atoms with Crippen LogP contribution in [0.1, 0.15) is 12.5 Å². The normalized spacial score (nSPS) is 12.8. The summed E-state index contributed by atoms with van der Waals surface area (Å²) in [6.45, 7) is 2.19. The van der Waals surface area contributed by atoms with Crippen LogP contribution in [0.3, 0.4) is 0 Å². The molecule has 88 valence electrons. The molecule has 1 aromatic rings. The Hall–Kier alpha value is -0.580. The van der Waals surface area contributed by atoms with Crippen molar-refractivity contribution < 1.29 is 9.90 Å². The molecule has 0 aromatic heterocycles. The molecule has 1 unspecified atom stereocenters. The van der Waals surface area contributed by atoms with Crippen molar-refractivity contribution in [3.8, 4) is 0 Å². The fraction of sp³-hybridized carbons (Fsp3) is 0.364. The fourth-order valence-electron chi connectivity index (χ4n) is 1.26. The minimum Gasteiger partial charge on any atom is -0.480 e. The van der Waals surface area contributed by atoms with E-state index in [4.69, 9.17) is 16.7 Å². The van der Waals surface area contributed by atoms with Gasteiger partial charge in [-0.05, 0) is 37.7 Å². The average Bonchev–Trinajstić information content (AvgIpc) is 2.22. The van der Waals surface area contributed by atoms with E-state index in [2.05, 4.69) is 15.9 Å². The quantitative estimate of drug-likeness (QED) is 0.929. The van der Waals surface area contributed by atoms with Crippen molar-refractivity contribution in [2.75, 3.05) is 7.05 Å². The molecule has 0 radical (unpaired) electrons. The zero-order chi connectivity index (χ0) is 12.3. The Labute approximate surface area is 108 Å². The number of carboxylic acid groups (broad SMARTS) is 1. The van der Waals surface area contributed by atoms with E-state index in [9.17, 15) is 4.79 Å². The highest BCUT2D eigenvalue weighted by Gasteiger charge is 2.17. The third-order valence-electron chi connectivity index (χ3n) is 2.45. The number of halogens is 2. The summed E-state index contributed by atoms with van der Waals surface area (Å²) in [5.41, 5.74) is 0.975. The third-order valence-corrected chi connectivity index (χ3v) is 3.45. The second kappa shape index (κ2) is 5.66. The minimum absolute atomic E-state index is 0.522. The van der Waals surface area contributed by atoms with Crippen molar-refractivity contribution >= 4 is 33.5 Å². The van der Waals surface area contributed by atoms with Crippen molar-refractivity contribution in [1.29, 1.82) is 0 Å². The van der Waals surface area contributed by atoms with Gasteiger partial charge >= 0.3 is 5.97 Å². The summed E-state index contributed by atoms with van der Waals surface area (Å²) in [5, 5.41) is 9.52. The smallest absolute Gasteiger partial charge is 0.320 e. The van der Waals surface area contributed by atoms with Gasteiger partial charge in [0.1, 0.15) is 6.04 Å². The molecule has 0 saturated heterocycles. The van der Waals surface area contributed by atoms with E-state index in [1.807, 2.05) is 12.1 Å². The zero-order valence-corrected chi connectivity index (χ0v) is 11.4. The summed E-state index contributed by atoms with van der Waals surface area (Å²) >= 11 is 9.30. The van der Waals surface area contributed by atoms with Crippen LogP contribution in [-0.2, 0) is 11.3 Å². The van der Waals surface area contributed by atoms with Crippen LogP contribution in [-0.4, -0.2) is 29.1 Å². The van der Waals surface area contributed by atoms with Crippen LogP contribution in [0.25, 0.3) is 0 Å². The Bertz CT molecular complexity index is 398. The van der Waals surface area contributed by atoms with Gasteiger partial charge in [-0.3, -0.25) is 9.69 Å². The maximum Gasteiger partial charge on any atom is 0.320 e. The van der Waals surface area contributed by atoms with Crippen LogP contribution in [0, 0.1) is 0 Å². The molecule has 1 atom stereocenters. The topological polar surface area (TPSA) is 40.5 Å². The summed E-state index contributed by atoms with van der Waals surface area (Å²) in [4.78, 5) is 12.6. The number of hydrogen-bond acceptors (Lipinski definition) is 2. The summed E-state index contributed by atoms with van der Waals surface area (Å²) < 4.78 is 0.932. The molecule has 0 aliphatic heterocycles. The predicted octanol–water partition coefficient (Wildman–Crippen LogP) is 3.01. The summed E-state index contributed by atoms with van der Waals surface area (Å²) in [5.74, 6) is -0.833. The SMILES string of the molecule is CC(C(=O)O)N(C)Cc1cc(Cl)ccc1Br. The van der Waals surface area contributed by atoms with Gasteiger partial charge in [-0.15, -0.1) is 0 Å². The molecular formula is C11H13BrClNO2. The van der Waals surface area contributed by atoms with E-state index in [1.54, 1.807) is 24.9 Å². The molecule has 0 aliphatic rings. The van der Waals surface area contributed by atoms with E-state index in [0.29, 0.717) is 11.6 Å². The minimum atomic E-state index is -0.833. The van der Waals surface area contributed by atoms with Gasteiger partial charge in [-0.2, -0.15) is 0 Å². The van der Waals surface area contributed by atoms with Crippen LogP contribution >= 0.6 is 27.5 Å².